The summed E-state index contributed by atoms with van der Waals surface area (Å²) >= 11 is 5.81. The minimum atomic E-state index is -4.57. The van der Waals surface area contributed by atoms with Gasteiger partial charge in [-0.25, -0.2) is 9.59 Å². The number of carbonyl (C=O) groups is 3. The van der Waals surface area contributed by atoms with Gasteiger partial charge in [-0.1, -0.05) is 11.6 Å². The highest BCUT2D eigenvalue weighted by molar-refractivity contribution is 6.30. The van der Waals surface area contributed by atoms with E-state index in [0.717, 1.165) is 25.0 Å². The Morgan fingerprint density at radius 1 is 0.976 bits per heavy atom. The van der Waals surface area contributed by atoms with E-state index < -0.39 is 23.4 Å². The summed E-state index contributed by atoms with van der Waals surface area (Å²) in [6.07, 6.45) is -4.06. The standard InChI is InChI=1S/C27H31ClF3N5O5/c1-26(2,3)41-25(39)36-19-4-5-20(36)13-34(12-19)23(37)22-11-21-14-33(6-7-35(21)32-22)24(38)40-15-16-8-17(27(29,30)31)10-18(28)9-16/h8-11,19-20H,4-7,12-15H2,1-3H3. The lowest BCUT2D eigenvalue weighted by Gasteiger charge is -2.41. The Hall–Kier alpha value is -3.48. The van der Waals surface area contributed by atoms with Gasteiger partial charge in [-0.05, 0) is 63.4 Å². The van der Waals surface area contributed by atoms with Gasteiger partial charge in [-0.3, -0.25) is 14.4 Å². The fraction of sp³-hybridized carbons (Fsp3) is 0.556. The number of benzene rings is 1. The lowest BCUT2D eigenvalue weighted by atomic mass is 10.1. The first-order chi connectivity index (χ1) is 19.2. The second-order valence-electron chi connectivity index (χ2n) is 11.5. The third-order valence-corrected chi connectivity index (χ3v) is 7.51. The normalized spacial score (nSPS) is 20.6. The number of alkyl halides is 3. The number of hydrogen-bond donors (Lipinski definition) is 0. The lowest BCUT2D eigenvalue weighted by Crippen LogP contribution is -2.57. The van der Waals surface area contributed by atoms with E-state index >= 15 is 0 Å². The highest BCUT2D eigenvalue weighted by Crippen LogP contribution is 2.33. The van der Waals surface area contributed by atoms with Crippen LogP contribution in [0, 0.1) is 0 Å². The summed E-state index contributed by atoms with van der Waals surface area (Å²) in [5.74, 6) is -0.247. The number of piperazine rings is 1. The van der Waals surface area contributed by atoms with Crippen molar-refractivity contribution in [2.45, 2.75) is 77.2 Å². The molecule has 0 radical (unpaired) electrons. The molecule has 4 heterocycles. The molecule has 2 aromatic rings. The van der Waals surface area contributed by atoms with Gasteiger partial charge in [0.2, 0.25) is 0 Å². The maximum Gasteiger partial charge on any atom is 0.416 e. The molecule has 1 aromatic carbocycles. The third kappa shape index (κ3) is 6.39. The average Bonchev–Trinajstić information content (AvgIpc) is 3.42. The second-order valence-corrected chi connectivity index (χ2v) is 12.0. The molecule has 10 nitrogen and oxygen atoms in total. The summed E-state index contributed by atoms with van der Waals surface area (Å²) in [7, 11) is 0. The van der Waals surface area contributed by atoms with Gasteiger partial charge in [0.15, 0.2) is 5.69 Å². The van der Waals surface area contributed by atoms with Crippen LogP contribution >= 0.6 is 11.6 Å². The SMILES string of the molecule is CC(C)(C)OC(=O)N1C2CCC1CN(C(=O)c1cc3n(n1)CCN(C(=O)OCc1cc(Cl)cc(C(F)(F)F)c1)C3)C2. The molecule has 5 rings (SSSR count). The smallest absolute Gasteiger partial charge is 0.416 e. The van der Waals surface area contributed by atoms with Gasteiger partial charge < -0.3 is 19.3 Å². The first kappa shape index (κ1) is 29.0. The maximum absolute atomic E-state index is 13.4. The second kappa shape index (κ2) is 10.7. The van der Waals surface area contributed by atoms with Crippen molar-refractivity contribution in [3.05, 3.63) is 51.8 Å². The monoisotopic (exact) mass is 597 g/mol. The molecule has 2 bridgehead atoms. The van der Waals surface area contributed by atoms with Crippen LogP contribution in [0.4, 0.5) is 22.8 Å². The van der Waals surface area contributed by atoms with Crippen LogP contribution < -0.4 is 0 Å². The van der Waals surface area contributed by atoms with Crippen LogP contribution in [-0.2, 0) is 35.3 Å². The Kier molecular flexibility index (Phi) is 7.60. The molecular weight excluding hydrogens is 567 g/mol. The zero-order valence-electron chi connectivity index (χ0n) is 22.9. The van der Waals surface area contributed by atoms with Crippen molar-refractivity contribution in [3.8, 4) is 0 Å². The summed E-state index contributed by atoms with van der Waals surface area (Å²) in [5, 5.41) is 4.34. The average molecular weight is 598 g/mol. The Bertz CT molecular complexity index is 1340. The zero-order valence-corrected chi connectivity index (χ0v) is 23.7. The minimum Gasteiger partial charge on any atom is -0.445 e. The van der Waals surface area contributed by atoms with Crippen molar-refractivity contribution in [3.63, 3.8) is 0 Å². The molecule has 2 unspecified atom stereocenters. The lowest BCUT2D eigenvalue weighted by molar-refractivity contribution is -0.137. The topological polar surface area (TPSA) is 97.2 Å². The number of fused-ring (bicyclic) bond motifs is 3. The Morgan fingerprint density at radius 3 is 2.29 bits per heavy atom. The summed E-state index contributed by atoms with van der Waals surface area (Å²) in [4.78, 5) is 43.6. The van der Waals surface area contributed by atoms with Crippen LogP contribution in [0.1, 0.15) is 60.9 Å². The van der Waals surface area contributed by atoms with Gasteiger partial charge in [0.1, 0.15) is 12.2 Å². The Labute approximate surface area is 239 Å². The fourth-order valence-electron chi connectivity index (χ4n) is 5.50. The van der Waals surface area contributed by atoms with Crippen molar-refractivity contribution in [1.82, 2.24) is 24.5 Å². The van der Waals surface area contributed by atoms with E-state index in [1.54, 1.807) is 20.5 Å². The third-order valence-electron chi connectivity index (χ3n) is 7.30. The van der Waals surface area contributed by atoms with Crippen LogP contribution in [0.15, 0.2) is 24.3 Å². The number of amides is 3. The Balaban J connectivity index is 1.19. The molecule has 222 valence electrons. The minimum absolute atomic E-state index is 0.107. The summed E-state index contributed by atoms with van der Waals surface area (Å²) < 4.78 is 51.7. The molecule has 0 aliphatic carbocycles. The Morgan fingerprint density at radius 2 is 1.66 bits per heavy atom. The molecule has 0 saturated carbocycles. The largest absolute Gasteiger partial charge is 0.445 e. The van der Waals surface area contributed by atoms with Crippen molar-refractivity contribution in [2.24, 2.45) is 0 Å². The molecule has 3 aliphatic heterocycles. The highest BCUT2D eigenvalue weighted by Gasteiger charge is 2.46. The van der Waals surface area contributed by atoms with Gasteiger partial charge in [0, 0.05) is 24.7 Å². The predicted molar refractivity (Wildman–Crippen MR) is 140 cm³/mol. The number of aromatic nitrogens is 2. The zero-order chi connectivity index (χ0) is 29.7. The number of likely N-dealkylation sites (tertiary alicyclic amines) is 1. The first-order valence-corrected chi connectivity index (χ1v) is 13.7. The van der Waals surface area contributed by atoms with E-state index in [-0.39, 0.29) is 60.1 Å². The van der Waals surface area contributed by atoms with Crippen LogP contribution in [0.2, 0.25) is 5.02 Å². The predicted octanol–water partition coefficient (Wildman–Crippen LogP) is 4.93. The van der Waals surface area contributed by atoms with E-state index in [0.29, 0.717) is 25.3 Å². The first-order valence-electron chi connectivity index (χ1n) is 13.3. The van der Waals surface area contributed by atoms with Crippen molar-refractivity contribution < 1.29 is 37.0 Å². The van der Waals surface area contributed by atoms with E-state index in [1.165, 1.54) is 11.0 Å². The van der Waals surface area contributed by atoms with Crippen molar-refractivity contribution in [2.75, 3.05) is 19.6 Å². The summed E-state index contributed by atoms with van der Waals surface area (Å²) in [6, 6.07) is 4.40. The molecule has 0 spiro atoms. The molecule has 3 amide bonds. The van der Waals surface area contributed by atoms with Gasteiger partial charge in [-0.15, -0.1) is 0 Å². The molecule has 3 aliphatic rings. The van der Waals surface area contributed by atoms with Crippen LogP contribution in [0.5, 0.6) is 0 Å². The van der Waals surface area contributed by atoms with Gasteiger partial charge >= 0.3 is 18.4 Å². The molecule has 1 aromatic heterocycles. The molecule has 0 N–H and O–H groups in total. The van der Waals surface area contributed by atoms with Crippen LogP contribution in [0.3, 0.4) is 0 Å². The van der Waals surface area contributed by atoms with Gasteiger partial charge in [-0.2, -0.15) is 18.3 Å². The molecule has 2 fully saturated rings. The van der Waals surface area contributed by atoms with Crippen LogP contribution in [-0.4, -0.2) is 79.9 Å². The van der Waals surface area contributed by atoms with E-state index in [9.17, 15) is 27.6 Å². The van der Waals surface area contributed by atoms with E-state index in [4.69, 9.17) is 21.1 Å². The number of ether oxygens (including phenoxy) is 2. The number of carbonyl (C=O) groups excluding carboxylic acids is 3. The van der Waals surface area contributed by atoms with Crippen LogP contribution in [0.25, 0.3) is 0 Å². The highest BCUT2D eigenvalue weighted by atomic mass is 35.5. The van der Waals surface area contributed by atoms with Crippen molar-refractivity contribution in [1.29, 1.82) is 0 Å². The number of hydrogen-bond acceptors (Lipinski definition) is 6. The molecule has 14 heteroatoms. The van der Waals surface area contributed by atoms with Gasteiger partial charge in [0.25, 0.3) is 5.91 Å². The van der Waals surface area contributed by atoms with Crippen molar-refractivity contribution >= 4 is 29.7 Å². The molecular formula is C27H31ClF3N5O5. The van der Waals surface area contributed by atoms with E-state index in [1.807, 2.05) is 20.8 Å². The molecule has 41 heavy (non-hydrogen) atoms. The summed E-state index contributed by atoms with van der Waals surface area (Å²) in [5.41, 5.74) is -0.526. The molecule has 2 saturated heterocycles. The number of rotatable bonds is 3. The molecule has 2 atom stereocenters. The maximum atomic E-state index is 13.4. The fourth-order valence-corrected chi connectivity index (χ4v) is 5.76. The number of halogens is 4. The summed E-state index contributed by atoms with van der Waals surface area (Å²) in [6.45, 7) is 6.55. The van der Waals surface area contributed by atoms with Gasteiger partial charge in [0.05, 0.1) is 36.4 Å². The number of nitrogens with zero attached hydrogens (tertiary/aromatic N) is 5. The quantitative estimate of drug-likeness (QED) is 0.498. The van der Waals surface area contributed by atoms with E-state index in [2.05, 4.69) is 5.10 Å².